The highest BCUT2D eigenvalue weighted by atomic mass is 16.1. The Kier molecular flexibility index (Phi) is 7.06. The van der Waals surface area contributed by atoms with E-state index in [2.05, 4.69) is 52.7 Å². The highest BCUT2D eigenvalue weighted by molar-refractivity contribution is 5.94. The fourth-order valence-electron chi connectivity index (χ4n) is 3.41. The van der Waals surface area contributed by atoms with Crippen LogP contribution >= 0.6 is 0 Å². The topological polar surface area (TPSA) is 50.2 Å². The molecular weight excluding hydrogens is 360 g/mol. The zero-order chi connectivity index (χ0) is 20.6. The molecule has 2 aromatic carbocycles. The van der Waals surface area contributed by atoms with Crippen LogP contribution in [-0.2, 0) is 6.54 Å². The number of nitrogens with one attached hydrogen (secondary N) is 1. The van der Waals surface area contributed by atoms with Crippen LogP contribution in [0.15, 0.2) is 60.7 Å². The summed E-state index contributed by atoms with van der Waals surface area (Å²) in [7, 11) is 2.10. The van der Waals surface area contributed by atoms with Gasteiger partial charge in [0, 0.05) is 37.1 Å². The first kappa shape index (κ1) is 20.6. The van der Waals surface area contributed by atoms with Gasteiger partial charge in [-0.3, -0.25) is 9.48 Å². The van der Waals surface area contributed by atoms with Gasteiger partial charge in [-0.25, -0.2) is 0 Å². The van der Waals surface area contributed by atoms with Gasteiger partial charge in [0.1, 0.15) is 0 Å². The van der Waals surface area contributed by atoms with Gasteiger partial charge in [0.05, 0.1) is 12.2 Å². The van der Waals surface area contributed by atoms with Crippen LogP contribution in [0.5, 0.6) is 0 Å². The number of rotatable bonds is 9. The highest BCUT2D eigenvalue weighted by Crippen LogP contribution is 2.12. The van der Waals surface area contributed by atoms with Crippen LogP contribution in [0, 0.1) is 13.8 Å². The molecule has 3 aromatic rings. The number of hydrogen-bond donors (Lipinski definition) is 1. The quantitative estimate of drug-likeness (QED) is 0.557. The molecule has 0 atom stereocenters. The van der Waals surface area contributed by atoms with E-state index >= 15 is 0 Å². The lowest BCUT2D eigenvalue weighted by Gasteiger charge is -2.19. The molecule has 3 rings (SSSR count). The minimum absolute atomic E-state index is 0.0170. The molecule has 1 aromatic heterocycles. The van der Waals surface area contributed by atoms with Crippen molar-refractivity contribution in [2.24, 2.45) is 0 Å². The van der Waals surface area contributed by atoms with Crippen molar-refractivity contribution in [1.82, 2.24) is 15.1 Å². The number of anilines is 1. The van der Waals surface area contributed by atoms with E-state index in [0.29, 0.717) is 18.7 Å². The van der Waals surface area contributed by atoms with Crippen molar-refractivity contribution in [3.8, 4) is 0 Å². The Bertz CT molecular complexity index is 933. The Labute approximate surface area is 173 Å². The number of amides is 1. The molecule has 5 heteroatoms. The average molecular weight is 391 g/mol. The fraction of sp³-hybridized carbons (Fsp3) is 0.333. The van der Waals surface area contributed by atoms with Gasteiger partial charge >= 0.3 is 0 Å². The van der Waals surface area contributed by atoms with Crippen molar-refractivity contribution in [3.63, 3.8) is 0 Å². The third kappa shape index (κ3) is 5.95. The molecular formula is C24H30N4O. The second-order valence-corrected chi connectivity index (χ2v) is 7.51. The molecule has 152 valence electrons. The van der Waals surface area contributed by atoms with Crippen molar-refractivity contribution in [3.05, 3.63) is 83.2 Å². The summed E-state index contributed by atoms with van der Waals surface area (Å²) in [4.78, 5) is 14.7. The number of hydrogen-bond acceptors (Lipinski definition) is 3. The third-order valence-electron chi connectivity index (χ3n) is 5.03. The smallest absolute Gasteiger partial charge is 0.251 e. The van der Waals surface area contributed by atoms with E-state index in [9.17, 15) is 4.79 Å². The Morgan fingerprint density at radius 3 is 2.55 bits per heavy atom. The van der Waals surface area contributed by atoms with Crippen molar-refractivity contribution in [2.75, 3.05) is 25.0 Å². The van der Waals surface area contributed by atoms with E-state index in [1.54, 1.807) is 0 Å². The van der Waals surface area contributed by atoms with Crippen LogP contribution < -0.4 is 10.2 Å². The predicted octanol–water partition coefficient (Wildman–Crippen LogP) is 4.19. The van der Waals surface area contributed by atoms with Crippen LogP contribution in [0.3, 0.4) is 0 Å². The van der Waals surface area contributed by atoms with Crippen LogP contribution in [0.4, 0.5) is 5.69 Å². The summed E-state index contributed by atoms with van der Waals surface area (Å²) in [5, 5.41) is 7.54. The van der Waals surface area contributed by atoms with Gasteiger partial charge in [0.15, 0.2) is 0 Å². The minimum atomic E-state index is -0.0170. The second kappa shape index (κ2) is 9.92. The molecule has 0 spiro atoms. The van der Waals surface area contributed by atoms with Gasteiger partial charge < -0.3 is 10.2 Å². The highest BCUT2D eigenvalue weighted by Gasteiger charge is 2.08. The Morgan fingerprint density at radius 2 is 1.83 bits per heavy atom. The number of carbonyl (C=O) groups is 1. The lowest BCUT2D eigenvalue weighted by atomic mass is 10.1. The average Bonchev–Trinajstić information content (AvgIpc) is 3.05. The first-order valence-electron chi connectivity index (χ1n) is 10.2. The summed E-state index contributed by atoms with van der Waals surface area (Å²) in [6, 6.07) is 20.2. The van der Waals surface area contributed by atoms with E-state index in [1.807, 2.05) is 48.9 Å². The zero-order valence-electron chi connectivity index (χ0n) is 17.6. The van der Waals surface area contributed by atoms with E-state index in [-0.39, 0.29) is 5.91 Å². The van der Waals surface area contributed by atoms with Crippen molar-refractivity contribution >= 4 is 11.6 Å². The lowest BCUT2D eigenvalue weighted by molar-refractivity contribution is 0.0953. The molecule has 0 saturated heterocycles. The van der Waals surface area contributed by atoms with Crippen LogP contribution in [-0.4, -0.2) is 35.8 Å². The first-order valence-corrected chi connectivity index (χ1v) is 10.2. The molecule has 0 aliphatic carbocycles. The van der Waals surface area contributed by atoms with Gasteiger partial charge in [-0.15, -0.1) is 0 Å². The number of para-hydroxylation sites is 1. The Morgan fingerprint density at radius 1 is 1.03 bits per heavy atom. The maximum Gasteiger partial charge on any atom is 0.251 e. The number of benzene rings is 2. The fourth-order valence-corrected chi connectivity index (χ4v) is 3.41. The zero-order valence-corrected chi connectivity index (χ0v) is 17.6. The largest absolute Gasteiger partial charge is 0.375 e. The summed E-state index contributed by atoms with van der Waals surface area (Å²) in [6.07, 6.45) is 1.98. The number of aromatic nitrogens is 2. The maximum atomic E-state index is 12.5. The normalized spacial score (nSPS) is 10.7. The molecule has 1 heterocycles. The van der Waals surface area contributed by atoms with Crippen molar-refractivity contribution in [2.45, 2.75) is 33.2 Å². The standard InChI is InChI=1S/C24H30N4O/c1-19-16-20(2)28(26-19)18-21-10-9-11-22(17-21)24(29)25-14-7-8-15-27(3)23-12-5-4-6-13-23/h4-6,9-13,16-17H,7-8,14-15,18H2,1-3H3,(H,25,29). The summed E-state index contributed by atoms with van der Waals surface area (Å²) < 4.78 is 1.97. The van der Waals surface area contributed by atoms with E-state index in [0.717, 1.165) is 36.3 Å². The summed E-state index contributed by atoms with van der Waals surface area (Å²) in [5.41, 5.74) is 5.13. The molecule has 5 nitrogen and oxygen atoms in total. The number of unbranched alkanes of at least 4 members (excludes halogenated alkanes) is 1. The summed E-state index contributed by atoms with van der Waals surface area (Å²) >= 11 is 0. The Balaban J connectivity index is 1.44. The van der Waals surface area contributed by atoms with Gasteiger partial charge in [0.2, 0.25) is 0 Å². The van der Waals surface area contributed by atoms with Gasteiger partial charge in [-0.2, -0.15) is 5.10 Å². The monoisotopic (exact) mass is 390 g/mol. The Hall–Kier alpha value is -3.08. The van der Waals surface area contributed by atoms with Gasteiger partial charge in [0.25, 0.3) is 5.91 Å². The van der Waals surface area contributed by atoms with Crippen LogP contribution in [0.25, 0.3) is 0 Å². The first-order chi connectivity index (χ1) is 14.0. The van der Waals surface area contributed by atoms with E-state index in [1.165, 1.54) is 5.69 Å². The number of aryl methyl sites for hydroxylation is 2. The maximum absolute atomic E-state index is 12.5. The third-order valence-corrected chi connectivity index (χ3v) is 5.03. The second-order valence-electron chi connectivity index (χ2n) is 7.51. The molecule has 0 saturated carbocycles. The van der Waals surface area contributed by atoms with E-state index < -0.39 is 0 Å². The number of nitrogens with zero attached hydrogens (tertiary/aromatic N) is 3. The molecule has 0 radical (unpaired) electrons. The summed E-state index contributed by atoms with van der Waals surface area (Å²) in [5.74, 6) is -0.0170. The lowest BCUT2D eigenvalue weighted by Crippen LogP contribution is -2.26. The molecule has 0 aliphatic rings. The molecule has 1 amide bonds. The number of carbonyl (C=O) groups excluding carboxylic acids is 1. The minimum Gasteiger partial charge on any atom is -0.375 e. The van der Waals surface area contributed by atoms with Gasteiger partial charge in [-0.05, 0) is 62.6 Å². The molecule has 0 bridgehead atoms. The molecule has 0 fully saturated rings. The molecule has 29 heavy (non-hydrogen) atoms. The molecule has 0 aliphatic heterocycles. The van der Waals surface area contributed by atoms with Crippen molar-refractivity contribution < 1.29 is 4.79 Å². The SMILES string of the molecule is Cc1cc(C)n(Cc2cccc(C(=O)NCCCCN(C)c3ccccc3)c2)n1. The molecule has 1 N–H and O–H groups in total. The predicted molar refractivity (Wildman–Crippen MR) is 119 cm³/mol. The molecule has 0 unspecified atom stereocenters. The van der Waals surface area contributed by atoms with Crippen LogP contribution in [0.2, 0.25) is 0 Å². The summed E-state index contributed by atoms with van der Waals surface area (Å²) in [6.45, 7) is 6.37. The van der Waals surface area contributed by atoms with Crippen molar-refractivity contribution in [1.29, 1.82) is 0 Å². The van der Waals surface area contributed by atoms with Crippen LogP contribution in [0.1, 0.15) is 40.2 Å². The van der Waals surface area contributed by atoms with Gasteiger partial charge in [-0.1, -0.05) is 30.3 Å². The van der Waals surface area contributed by atoms with E-state index in [4.69, 9.17) is 0 Å².